The van der Waals surface area contributed by atoms with Crippen LogP contribution >= 0.6 is 0 Å². The largest absolute Gasteiger partial charge is 0.449 e. The molecule has 1 aliphatic heterocycles. The van der Waals surface area contributed by atoms with Gasteiger partial charge in [0, 0.05) is 12.5 Å². The number of halogens is 6. The molecule has 1 fully saturated rings. The maximum atomic E-state index is 13.2. The fourth-order valence-electron chi connectivity index (χ4n) is 5.17. The van der Waals surface area contributed by atoms with Gasteiger partial charge in [0.2, 0.25) is 0 Å². The zero-order valence-electron chi connectivity index (χ0n) is 24.1. The number of hydrogen-bond acceptors (Lipinski definition) is 6. The second-order valence-electron chi connectivity index (χ2n) is 11.1. The van der Waals surface area contributed by atoms with Gasteiger partial charge in [-0.25, -0.2) is 18.0 Å². The molecule has 2 amide bonds. The molecule has 0 radical (unpaired) electrons. The van der Waals surface area contributed by atoms with Crippen LogP contribution in [0.1, 0.15) is 68.3 Å². The molecule has 4 rings (SSSR count). The van der Waals surface area contributed by atoms with Gasteiger partial charge in [-0.1, -0.05) is 6.92 Å². The Morgan fingerprint density at radius 2 is 1.61 bits per heavy atom. The van der Waals surface area contributed by atoms with Crippen molar-refractivity contribution in [3.05, 3.63) is 58.7 Å². The zero-order valence-corrected chi connectivity index (χ0v) is 24.9. The van der Waals surface area contributed by atoms with Gasteiger partial charge in [0.15, 0.2) is 9.84 Å². The first-order chi connectivity index (χ1) is 20.4. The van der Waals surface area contributed by atoms with Crippen molar-refractivity contribution in [2.24, 2.45) is 5.92 Å². The van der Waals surface area contributed by atoms with Gasteiger partial charge in [0.1, 0.15) is 0 Å². The first kappa shape index (κ1) is 33.4. The molecule has 2 atom stereocenters. The van der Waals surface area contributed by atoms with Crippen molar-refractivity contribution in [1.29, 1.82) is 0 Å². The van der Waals surface area contributed by atoms with Gasteiger partial charge < -0.3 is 14.8 Å². The summed E-state index contributed by atoms with van der Waals surface area (Å²) in [5, 5.41) is 2.65. The molecule has 2 aliphatic rings. The summed E-state index contributed by atoms with van der Waals surface area (Å²) in [6.07, 6.45) is -10.7. The summed E-state index contributed by atoms with van der Waals surface area (Å²) in [6, 6.07) is 4.17. The topological polar surface area (TPSA) is 102 Å². The molecule has 0 aromatic heterocycles. The number of alkyl carbamates (subject to hydrolysis) is 1. The van der Waals surface area contributed by atoms with Crippen molar-refractivity contribution in [3.63, 3.8) is 0 Å². The SMILES string of the molecule is CCS(=O)(=O)c1ccc2c(c1)C(NC(=O)OCCc1cc(C(F)(F)F)cc(C(F)(F)F)c1)CC(C1CC1)N2C(=O)OC(C)C. The smallest absolute Gasteiger partial charge is 0.416 e. The number of anilines is 1. The number of rotatable bonds is 8. The maximum Gasteiger partial charge on any atom is 0.416 e. The standard InChI is InChI=1S/C29H32F6N2O6S/c1-4-44(40,41)21-7-8-24-22(14-21)23(15-25(18-5-6-18)37(24)27(39)43-16(2)3)36-26(38)42-10-9-17-11-19(28(30,31)32)13-20(12-17)29(33,34)35/h7-8,11-14,16,18,23,25H,4-6,9-10,15H2,1-3H3,(H,36,38). The molecule has 1 saturated carbocycles. The number of ether oxygens (including phenoxy) is 2. The second-order valence-corrected chi connectivity index (χ2v) is 13.3. The number of nitrogens with one attached hydrogen (secondary N) is 1. The minimum absolute atomic E-state index is 0.0150. The lowest BCUT2D eigenvalue weighted by atomic mass is 9.89. The van der Waals surface area contributed by atoms with Crippen LogP contribution in [0, 0.1) is 5.92 Å². The molecule has 2 aromatic rings. The Hall–Kier alpha value is -3.49. The van der Waals surface area contributed by atoms with Crippen LogP contribution in [0.4, 0.5) is 41.6 Å². The van der Waals surface area contributed by atoms with E-state index in [1.165, 1.54) is 30.0 Å². The number of carbonyl (C=O) groups excluding carboxylic acids is 2. The highest BCUT2D eigenvalue weighted by Crippen LogP contribution is 2.47. The summed E-state index contributed by atoms with van der Waals surface area (Å²) in [4.78, 5) is 27.5. The molecule has 242 valence electrons. The van der Waals surface area contributed by atoms with E-state index in [1.54, 1.807) is 13.8 Å². The number of nitrogens with zero attached hydrogens (tertiary/aromatic N) is 1. The van der Waals surface area contributed by atoms with E-state index in [0.29, 0.717) is 23.4 Å². The van der Waals surface area contributed by atoms with E-state index >= 15 is 0 Å². The predicted octanol–water partition coefficient (Wildman–Crippen LogP) is 7.06. The summed E-state index contributed by atoms with van der Waals surface area (Å²) in [6.45, 7) is 4.32. The van der Waals surface area contributed by atoms with Gasteiger partial charge in [0.05, 0.1) is 46.2 Å². The van der Waals surface area contributed by atoms with Crippen molar-refractivity contribution in [1.82, 2.24) is 5.32 Å². The average Bonchev–Trinajstić information content (AvgIpc) is 3.76. The molecular formula is C29H32F6N2O6S. The van der Waals surface area contributed by atoms with Crippen LogP contribution in [0.25, 0.3) is 0 Å². The van der Waals surface area contributed by atoms with Crippen molar-refractivity contribution < 1.29 is 53.8 Å². The second kappa shape index (κ2) is 12.5. The number of amides is 2. The Kier molecular flexibility index (Phi) is 9.48. The summed E-state index contributed by atoms with van der Waals surface area (Å²) < 4.78 is 115. The lowest BCUT2D eigenvalue weighted by molar-refractivity contribution is -0.143. The van der Waals surface area contributed by atoms with Crippen LogP contribution in [0.2, 0.25) is 0 Å². The van der Waals surface area contributed by atoms with Crippen LogP contribution in [-0.2, 0) is 38.1 Å². The molecule has 2 unspecified atom stereocenters. The van der Waals surface area contributed by atoms with Gasteiger partial charge in [0.25, 0.3) is 0 Å². The fourth-order valence-corrected chi connectivity index (χ4v) is 6.08. The Morgan fingerprint density at radius 1 is 1.00 bits per heavy atom. The zero-order chi connectivity index (χ0) is 32.6. The number of fused-ring (bicyclic) bond motifs is 1. The van der Waals surface area contributed by atoms with Gasteiger partial charge in [-0.3, -0.25) is 4.90 Å². The van der Waals surface area contributed by atoms with E-state index in [1.807, 2.05) is 0 Å². The first-order valence-corrected chi connectivity index (χ1v) is 15.6. The van der Waals surface area contributed by atoms with Crippen LogP contribution in [-0.4, -0.2) is 45.1 Å². The number of alkyl halides is 6. The van der Waals surface area contributed by atoms with Gasteiger partial charge >= 0.3 is 24.5 Å². The van der Waals surface area contributed by atoms with Crippen LogP contribution < -0.4 is 10.2 Å². The van der Waals surface area contributed by atoms with Crippen molar-refractivity contribution in [3.8, 4) is 0 Å². The normalized spacial score (nSPS) is 19.0. The monoisotopic (exact) mass is 650 g/mol. The third-order valence-corrected chi connectivity index (χ3v) is 9.18. The quantitative estimate of drug-likeness (QED) is 0.307. The van der Waals surface area contributed by atoms with E-state index in [4.69, 9.17) is 9.47 Å². The molecule has 44 heavy (non-hydrogen) atoms. The first-order valence-electron chi connectivity index (χ1n) is 14.0. The molecule has 2 aromatic carbocycles. The Morgan fingerprint density at radius 3 is 2.14 bits per heavy atom. The Balaban J connectivity index is 1.57. The highest BCUT2D eigenvalue weighted by atomic mass is 32.2. The number of carbonyl (C=O) groups is 2. The lowest BCUT2D eigenvalue weighted by Crippen LogP contribution is -2.49. The minimum atomic E-state index is -5.01. The van der Waals surface area contributed by atoms with Gasteiger partial charge in [-0.05, 0) is 86.6 Å². The molecule has 1 heterocycles. The molecule has 0 bridgehead atoms. The Bertz CT molecular complexity index is 1470. The number of sulfone groups is 1. The van der Waals surface area contributed by atoms with Crippen LogP contribution in [0.5, 0.6) is 0 Å². The third-order valence-electron chi connectivity index (χ3n) is 7.44. The van der Waals surface area contributed by atoms with E-state index in [-0.39, 0.29) is 34.6 Å². The summed E-state index contributed by atoms with van der Waals surface area (Å²) in [7, 11) is -3.67. The van der Waals surface area contributed by atoms with E-state index in [9.17, 15) is 44.3 Å². The third kappa shape index (κ3) is 7.77. The van der Waals surface area contributed by atoms with E-state index < -0.39 is 76.7 Å². The molecular weight excluding hydrogens is 618 g/mol. The summed E-state index contributed by atoms with van der Waals surface area (Å²) in [5.41, 5.74) is -2.61. The van der Waals surface area contributed by atoms with Crippen molar-refractivity contribution >= 4 is 27.7 Å². The highest BCUT2D eigenvalue weighted by Gasteiger charge is 2.45. The number of hydrogen-bond donors (Lipinski definition) is 1. The molecule has 0 saturated heterocycles. The minimum Gasteiger partial charge on any atom is -0.449 e. The predicted molar refractivity (Wildman–Crippen MR) is 147 cm³/mol. The van der Waals surface area contributed by atoms with Crippen LogP contribution in [0.15, 0.2) is 41.3 Å². The van der Waals surface area contributed by atoms with Crippen LogP contribution in [0.3, 0.4) is 0 Å². The van der Waals surface area contributed by atoms with Gasteiger partial charge in [-0.2, -0.15) is 26.3 Å². The molecule has 1 N–H and O–H groups in total. The number of benzene rings is 2. The summed E-state index contributed by atoms with van der Waals surface area (Å²) >= 11 is 0. The maximum absolute atomic E-state index is 13.2. The lowest BCUT2D eigenvalue weighted by Gasteiger charge is -2.41. The summed E-state index contributed by atoms with van der Waals surface area (Å²) in [5.74, 6) is -0.0904. The molecule has 8 nitrogen and oxygen atoms in total. The van der Waals surface area contributed by atoms with Crippen molar-refractivity contribution in [2.75, 3.05) is 17.3 Å². The molecule has 1 aliphatic carbocycles. The Labute approximate surface area is 250 Å². The van der Waals surface area contributed by atoms with Crippen molar-refractivity contribution in [2.45, 2.75) is 81.9 Å². The van der Waals surface area contributed by atoms with Gasteiger partial charge in [-0.15, -0.1) is 0 Å². The van der Waals surface area contributed by atoms with E-state index in [2.05, 4.69) is 5.32 Å². The molecule has 15 heteroatoms. The van der Waals surface area contributed by atoms with E-state index in [0.717, 1.165) is 12.8 Å². The average molecular weight is 651 g/mol. The fraction of sp³-hybridized carbons (Fsp3) is 0.517. The molecule has 0 spiro atoms. The highest BCUT2D eigenvalue weighted by molar-refractivity contribution is 7.91.